The van der Waals surface area contributed by atoms with Crippen LogP contribution in [0.3, 0.4) is 0 Å². The van der Waals surface area contributed by atoms with Crippen molar-refractivity contribution in [2.75, 3.05) is 12.4 Å². The molecule has 0 aliphatic heterocycles. The SMILES string of the molecule is COc1cc(-n2nccc2C)cc2c(N[C@H](C)c3ccc(C)nn3)ncnc12. The fourth-order valence-electron chi connectivity index (χ4n) is 3.07. The number of anilines is 1. The Labute approximate surface area is 162 Å². The zero-order valence-electron chi connectivity index (χ0n) is 16.2. The highest BCUT2D eigenvalue weighted by Crippen LogP contribution is 2.32. The minimum absolute atomic E-state index is 0.0766. The molecular formula is C20H21N7O. The molecule has 0 aliphatic carbocycles. The summed E-state index contributed by atoms with van der Waals surface area (Å²) >= 11 is 0. The minimum atomic E-state index is -0.0766. The molecule has 3 aromatic heterocycles. The number of ether oxygens (including phenoxy) is 1. The number of nitrogens with one attached hydrogen (secondary N) is 1. The van der Waals surface area contributed by atoms with Crippen molar-refractivity contribution in [1.29, 1.82) is 0 Å². The van der Waals surface area contributed by atoms with Gasteiger partial charge in [-0.15, -0.1) is 0 Å². The van der Waals surface area contributed by atoms with E-state index in [-0.39, 0.29) is 6.04 Å². The second-order valence-corrected chi connectivity index (χ2v) is 6.62. The third kappa shape index (κ3) is 3.24. The third-order valence-electron chi connectivity index (χ3n) is 4.60. The lowest BCUT2D eigenvalue weighted by molar-refractivity contribution is 0.418. The van der Waals surface area contributed by atoms with Crippen molar-refractivity contribution in [2.45, 2.75) is 26.8 Å². The summed E-state index contributed by atoms with van der Waals surface area (Å²) in [5.41, 5.74) is 4.36. The number of hydrogen-bond donors (Lipinski definition) is 1. The minimum Gasteiger partial charge on any atom is -0.494 e. The predicted octanol–water partition coefficient (Wildman–Crippen LogP) is 3.40. The van der Waals surface area contributed by atoms with Gasteiger partial charge in [0.05, 0.1) is 30.2 Å². The smallest absolute Gasteiger partial charge is 0.147 e. The van der Waals surface area contributed by atoms with Crippen molar-refractivity contribution in [3.8, 4) is 11.4 Å². The Morgan fingerprint density at radius 1 is 1.07 bits per heavy atom. The first-order valence-corrected chi connectivity index (χ1v) is 8.97. The zero-order chi connectivity index (χ0) is 19.7. The van der Waals surface area contributed by atoms with Gasteiger partial charge in [-0.25, -0.2) is 14.6 Å². The second kappa shape index (κ2) is 7.22. The van der Waals surface area contributed by atoms with Gasteiger partial charge in [-0.3, -0.25) is 0 Å². The van der Waals surface area contributed by atoms with E-state index in [2.05, 4.69) is 30.6 Å². The lowest BCUT2D eigenvalue weighted by Gasteiger charge is -2.16. The molecule has 0 amide bonds. The van der Waals surface area contributed by atoms with Gasteiger partial charge >= 0.3 is 0 Å². The average Bonchev–Trinajstić information content (AvgIpc) is 3.14. The summed E-state index contributed by atoms with van der Waals surface area (Å²) in [7, 11) is 1.63. The Bertz CT molecular complexity index is 1120. The molecule has 0 radical (unpaired) electrons. The van der Waals surface area contributed by atoms with E-state index in [1.54, 1.807) is 13.3 Å². The number of aryl methyl sites for hydroxylation is 2. The maximum Gasteiger partial charge on any atom is 0.147 e. The van der Waals surface area contributed by atoms with Gasteiger partial charge in [0, 0.05) is 23.3 Å². The van der Waals surface area contributed by atoms with Gasteiger partial charge in [0.15, 0.2) is 0 Å². The van der Waals surface area contributed by atoms with E-state index >= 15 is 0 Å². The molecule has 4 rings (SSSR count). The lowest BCUT2D eigenvalue weighted by Crippen LogP contribution is -2.11. The van der Waals surface area contributed by atoms with Gasteiger partial charge < -0.3 is 10.1 Å². The number of rotatable bonds is 5. The van der Waals surface area contributed by atoms with Crippen molar-refractivity contribution in [2.24, 2.45) is 0 Å². The number of nitrogens with zero attached hydrogens (tertiary/aromatic N) is 6. The highest BCUT2D eigenvalue weighted by Gasteiger charge is 2.15. The molecule has 8 nitrogen and oxygen atoms in total. The van der Waals surface area contributed by atoms with E-state index in [1.807, 2.05) is 55.8 Å². The normalized spacial score (nSPS) is 12.1. The van der Waals surface area contributed by atoms with Crippen LogP contribution in [0.5, 0.6) is 5.75 Å². The Balaban J connectivity index is 1.80. The van der Waals surface area contributed by atoms with Gasteiger partial charge in [0.25, 0.3) is 0 Å². The van der Waals surface area contributed by atoms with E-state index in [9.17, 15) is 0 Å². The second-order valence-electron chi connectivity index (χ2n) is 6.62. The molecule has 1 aromatic carbocycles. The van der Waals surface area contributed by atoms with E-state index in [4.69, 9.17) is 4.74 Å². The molecule has 1 N–H and O–H groups in total. The summed E-state index contributed by atoms with van der Waals surface area (Å²) < 4.78 is 7.44. The van der Waals surface area contributed by atoms with Crippen LogP contribution in [0, 0.1) is 13.8 Å². The maximum absolute atomic E-state index is 5.58. The van der Waals surface area contributed by atoms with Crippen molar-refractivity contribution in [3.63, 3.8) is 0 Å². The maximum atomic E-state index is 5.58. The summed E-state index contributed by atoms with van der Waals surface area (Å²) in [5.74, 6) is 1.36. The fourth-order valence-corrected chi connectivity index (χ4v) is 3.07. The molecule has 0 saturated heterocycles. The number of aromatic nitrogens is 6. The number of hydrogen-bond acceptors (Lipinski definition) is 7. The first kappa shape index (κ1) is 17.8. The van der Waals surface area contributed by atoms with Crippen LogP contribution >= 0.6 is 0 Å². The van der Waals surface area contributed by atoms with Crippen LogP contribution in [0.1, 0.15) is 30.0 Å². The largest absolute Gasteiger partial charge is 0.494 e. The molecule has 0 spiro atoms. The highest BCUT2D eigenvalue weighted by atomic mass is 16.5. The van der Waals surface area contributed by atoms with Gasteiger partial charge in [-0.05, 0) is 45.0 Å². The van der Waals surface area contributed by atoms with Crippen LogP contribution in [0.4, 0.5) is 5.82 Å². The number of fused-ring (bicyclic) bond motifs is 1. The highest BCUT2D eigenvalue weighted by molar-refractivity contribution is 5.94. The third-order valence-corrected chi connectivity index (χ3v) is 4.60. The summed E-state index contributed by atoms with van der Waals surface area (Å²) in [5, 5.41) is 17.1. The van der Waals surface area contributed by atoms with E-state index in [1.165, 1.54) is 6.33 Å². The first-order chi connectivity index (χ1) is 13.6. The molecule has 0 aliphatic rings. The summed E-state index contributed by atoms with van der Waals surface area (Å²) in [6.07, 6.45) is 3.30. The average molecular weight is 375 g/mol. The van der Waals surface area contributed by atoms with E-state index < -0.39 is 0 Å². The van der Waals surface area contributed by atoms with E-state index in [0.29, 0.717) is 11.6 Å². The Hall–Kier alpha value is -3.55. The fraction of sp³-hybridized carbons (Fsp3) is 0.250. The van der Waals surface area contributed by atoms with Gasteiger partial charge in [0.2, 0.25) is 0 Å². The molecule has 142 valence electrons. The van der Waals surface area contributed by atoms with Crippen LogP contribution < -0.4 is 10.1 Å². The molecule has 28 heavy (non-hydrogen) atoms. The standard InChI is InChI=1S/C20H21N7O/c1-12-5-6-17(26-25-12)14(3)24-20-16-9-15(27-13(2)7-8-23-27)10-18(28-4)19(16)21-11-22-20/h5-11,14H,1-4H3,(H,21,22,24)/t14-/m1/s1. The predicted molar refractivity (Wildman–Crippen MR) is 107 cm³/mol. The topological polar surface area (TPSA) is 90.6 Å². The number of benzene rings is 1. The van der Waals surface area contributed by atoms with Crippen LogP contribution in [-0.4, -0.2) is 37.1 Å². The molecular weight excluding hydrogens is 354 g/mol. The van der Waals surface area contributed by atoms with Gasteiger partial charge in [-0.2, -0.15) is 15.3 Å². The monoisotopic (exact) mass is 375 g/mol. The van der Waals surface area contributed by atoms with E-state index in [0.717, 1.165) is 33.7 Å². The van der Waals surface area contributed by atoms with Crippen LogP contribution in [0.15, 0.2) is 42.9 Å². The number of methoxy groups -OCH3 is 1. The zero-order valence-corrected chi connectivity index (χ0v) is 16.2. The van der Waals surface area contributed by atoms with Gasteiger partial charge in [-0.1, -0.05) is 0 Å². The van der Waals surface area contributed by atoms with Crippen LogP contribution in [0.2, 0.25) is 0 Å². The summed E-state index contributed by atoms with van der Waals surface area (Å²) in [6, 6.07) is 9.71. The molecule has 4 aromatic rings. The van der Waals surface area contributed by atoms with Crippen molar-refractivity contribution < 1.29 is 4.74 Å². The van der Waals surface area contributed by atoms with Crippen molar-refractivity contribution in [1.82, 2.24) is 29.9 Å². The van der Waals surface area contributed by atoms with Crippen LogP contribution in [-0.2, 0) is 0 Å². The van der Waals surface area contributed by atoms with Gasteiger partial charge in [0.1, 0.15) is 23.4 Å². The van der Waals surface area contributed by atoms with Crippen molar-refractivity contribution >= 4 is 16.7 Å². The van der Waals surface area contributed by atoms with Crippen molar-refractivity contribution in [3.05, 3.63) is 59.9 Å². The molecule has 0 saturated carbocycles. The Kier molecular flexibility index (Phi) is 4.60. The molecule has 0 bridgehead atoms. The molecule has 8 heteroatoms. The quantitative estimate of drug-likeness (QED) is 0.571. The Morgan fingerprint density at radius 2 is 1.93 bits per heavy atom. The Morgan fingerprint density at radius 3 is 2.61 bits per heavy atom. The lowest BCUT2D eigenvalue weighted by atomic mass is 10.1. The molecule has 0 fully saturated rings. The molecule has 3 heterocycles. The molecule has 1 atom stereocenters. The van der Waals surface area contributed by atoms with Crippen LogP contribution in [0.25, 0.3) is 16.6 Å². The first-order valence-electron chi connectivity index (χ1n) is 8.97. The summed E-state index contributed by atoms with van der Waals surface area (Å²) in [4.78, 5) is 8.87. The summed E-state index contributed by atoms with van der Waals surface area (Å²) in [6.45, 7) is 5.94. The molecule has 0 unspecified atom stereocenters.